The Bertz CT molecular complexity index is 695. The Labute approximate surface area is 165 Å². The summed E-state index contributed by atoms with van der Waals surface area (Å²) in [5, 5.41) is 11.7. The second-order valence-corrected chi connectivity index (χ2v) is 6.37. The van der Waals surface area contributed by atoms with Crippen LogP contribution in [0.2, 0.25) is 0 Å². The predicted octanol–water partition coefficient (Wildman–Crippen LogP) is 2.23. The van der Waals surface area contributed by atoms with E-state index in [9.17, 15) is 0 Å². The number of rotatable bonds is 5. The van der Waals surface area contributed by atoms with E-state index in [1.165, 1.54) is 12.0 Å². The van der Waals surface area contributed by atoms with Gasteiger partial charge in [-0.15, -0.1) is 24.0 Å². The maximum atomic E-state index is 5.32. The molecule has 3 rings (SSSR count). The zero-order chi connectivity index (χ0) is 16.9. The summed E-state index contributed by atoms with van der Waals surface area (Å²) in [5.74, 6) is 2.42. The summed E-state index contributed by atoms with van der Waals surface area (Å²) in [4.78, 5) is 6.73. The van der Waals surface area contributed by atoms with E-state index in [4.69, 9.17) is 4.52 Å². The van der Waals surface area contributed by atoms with Gasteiger partial charge >= 0.3 is 0 Å². The van der Waals surface area contributed by atoms with Crippen molar-refractivity contribution in [3.8, 4) is 0 Å². The number of hydrogen-bond acceptors (Lipinski definition) is 4. The first-order valence-corrected chi connectivity index (χ1v) is 8.55. The zero-order valence-electron chi connectivity index (χ0n) is 15.1. The lowest BCUT2D eigenvalue weighted by Gasteiger charge is -2.21. The van der Waals surface area contributed by atoms with Crippen LogP contribution in [-0.2, 0) is 26.4 Å². The van der Waals surface area contributed by atoms with Crippen molar-refractivity contribution >= 4 is 29.9 Å². The number of likely N-dealkylation sites (tertiary alicyclic amines) is 1. The Morgan fingerprint density at radius 3 is 2.96 bits per heavy atom. The molecule has 1 fully saturated rings. The van der Waals surface area contributed by atoms with Crippen LogP contribution in [0.4, 0.5) is 0 Å². The third kappa shape index (κ3) is 5.20. The van der Waals surface area contributed by atoms with Gasteiger partial charge in [-0.25, -0.2) is 0 Å². The molecule has 1 N–H and O–H groups in total. The smallest absolute Gasteiger partial charge is 0.194 e. The lowest BCUT2D eigenvalue weighted by molar-refractivity contribution is 0.371. The highest BCUT2D eigenvalue weighted by Gasteiger charge is 2.25. The molecule has 0 aliphatic carbocycles. The predicted molar refractivity (Wildman–Crippen MR) is 108 cm³/mol. The largest absolute Gasteiger partial charge is 0.359 e. The molecule has 2 aromatic heterocycles. The van der Waals surface area contributed by atoms with Gasteiger partial charge in [-0.2, -0.15) is 5.10 Å². The third-order valence-electron chi connectivity index (χ3n) is 4.47. The standard InChI is InChI=1S/C17H26N6O.HI/c1-4-15-8-16(24-21-15)10-19-17(18-2)23-6-5-13(12-23)7-14-9-20-22(3)11-14;/h8-9,11,13H,4-7,10,12H2,1-3H3,(H,18,19);1H. The van der Waals surface area contributed by atoms with E-state index >= 15 is 0 Å². The summed E-state index contributed by atoms with van der Waals surface area (Å²) in [5.41, 5.74) is 2.29. The molecule has 3 heterocycles. The minimum absolute atomic E-state index is 0. The quantitative estimate of drug-likeness (QED) is 0.423. The molecule has 25 heavy (non-hydrogen) atoms. The minimum Gasteiger partial charge on any atom is -0.359 e. The summed E-state index contributed by atoms with van der Waals surface area (Å²) >= 11 is 0. The van der Waals surface area contributed by atoms with Crippen molar-refractivity contribution in [2.75, 3.05) is 20.1 Å². The molecular weight excluding hydrogens is 431 g/mol. The van der Waals surface area contributed by atoms with Crippen LogP contribution in [0, 0.1) is 5.92 Å². The second-order valence-electron chi connectivity index (χ2n) is 6.37. The van der Waals surface area contributed by atoms with Gasteiger partial charge in [0.15, 0.2) is 11.7 Å². The summed E-state index contributed by atoms with van der Waals surface area (Å²) in [7, 11) is 3.79. The first-order valence-electron chi connectivity index (χ1n) is 8.55. The van der Waals surface area contributed by atoms with Crippen LogP contribution < -0.4 is 5.32 Å². The molecule has 0 bridgehead atoms. The summed E-state index contributed by atoms with van der Waals surface area (Å²) in [6.45, 7) is 4.73. The lowest BCUT2D eigenvalue weighted by atomic mass is 10.0. The van der Waals surface area contributed by atoms with E-state index in [0.29, 0.717) is 12.5 Å². The number of halogens is 1. The first-order chi connectivity index (χ1) is 11.7. The fraction of sp³-hybridized carbons (Fsp3) is 0.588. The Hall–Kier alpha value is -1.58. The van der Waals surface area contributed by atoms with Crippen molar-refractivity contribution in [1.29, 1.82) is 0 Å². The van der Waals surface area contributed by atoms with Gasteiger partial charge in [0.05, 0.1) is 18.4 Å². The van der Waals surface area contributed by atoms with E-state index in [-0.39, 0.29) is 24.0 Å². The molecule has 0 aromatic carbocycles. The Morgan fingerprint density at radius 1 is 1.48 bits per heavy atom. The van der Waals surface area contributed by atoms with Crippen LogP contribution in [-0.4, -0.2) is 45.9 Å². The second kappa shape index (κ2) is 9.21. The first kappa shape index (κ1) is 19.7. The van der Waals surface area contributed by atoms with Gasteiger partial charge in [0.25, 0.3) is 0 Å². The number of aromatic nitrogens is 3. The summed E-state index contributed by atoms with van der Waals surface area (Å²) < 4.78 is 7.19. The molecule has 0 radical (unpaired) electrons. The molecule has 1 aliphatic heterocycles. The van der Waals surface area contributed by atoms with Crippen molar-refractivity contribution in [2.24, 2.45) is 18.0 Å². The highest BCUT2D eigenvalue weighted by atomic mass is 127. The Morgan fingerprint density at radius 2 is 2.32 bits per heavy atom. The molecule has 0 saturated carbocycles. The zero-order valence-corrected chi connectivity index (χ0v) is 17.4. The maximum Gasteiger partial charge on any atom is 0.194 e. The van der Waals surface area contributed by atoms with Crippen molar-refractivity contribution < 1.29 is 4.52 Å². The van der Waals surface area contributed by atoms with Gasteiger partial charge < -0.3 is 14.7 Å². The van der Waals surface area contributed by atoms with Crippen LogP contribution in [0.15, 0.2) is 28.0 Å². The van der Waals surface area contributed by atoms with E-state index in [1.807, 2.05) is 31.0 Å². The molecule has 1 saturated heterocycles. The summed E-state index contributed by atoms with van der Waals surface area (Å²) in [6.07, 6.45) is 7.21. The van der Waals surface area contributed by atoms with E-state index in [1.54, 1.807) is 0 Å². The molecule has 8 heteroatoms. The maximum absolute atomic E-state index is 5.32. The van der Waals surface area contributed by atoms with Crippen molar-refractivity contribution in [1.82, 2.24) is 25.2 Å². The number of aryl methyl sites for hydroxylation is 2. The van der Waals surface area contributed by atoms with Crippen molar-refractivity contribution in [3.63, 3.8) is 0 Å². The number of nitrogens with zero attached hydrogens (tertiary/aromatic N) is 5. The number of guanidine groups is 1. The molecule has 2 aromatic rings. The van der Waals surface area contributed by atoms with E-state index in [2.05, 4.69) is 38.6 Å². The van der Waals surface area contributed by atoms with Crippen molar-refractivity contribution in [2.45, 2.75) is 32.7 Å². The van der Waals surface area contributed by atoms with Gasteiger partial charge in [-0.1, -0.05) is 12.1 Å². The van der Waals surface area contributed by atoms with E-state index in [0.717, 1.165) is 43.3 Å². The van der Waals surface area contributed by atoms with Crippen LogP contribution in [0.5, 0.6) is 0 Å². The Kier molecular flexibility index (Phi) is 7.27. The Balaban J connectivity index is 0.00000225. The lowest BCUT2D eigenvalue weighted by Crippen LogP contribution is -2.39. The fourth-order valence-corrected chi connectivity index (χ4v) is 3.21. The molecule has 1 atom stereocenters. The molecule has 0 spiro atoms. The molecule has 7 nitrogen and oxygen atoms in total. The van der Waals surface area contributed by atoms with Gasteiger partial charge in [0.1, 0.15) is 0 Å². The van der Waals surface area contributed by atoms with Crippen LogP contribution in [0.25, 0.3) is 0 Å². The van der Waals surface area contributed by atoms with Crippen LogP contribution >= 0.6 is 24.0 Å². The normalized spacial score (nSPS) is 17.6. The van der Waals surface area contributed by atoms with Gasteiger partial charge in [-0.3, -0.25) is 9.67 Å². The summed E-state index contributed by atoms with van der Waals surface area (Å²) in [6, 6.07) is 2.00. The molecule has 1 aliphatic rings. The molecule has 1 unspecified atom stereocenters. The monoisotopic (exact) mass is 458 g/mol. The van der Waals surface area contributed by atoms with Gasteiger partial charge in [-0.05, 0) is 30.7 Å². The molecule has 138 valence electrons. The number of hydrogen-bond donors (Lipinski definition) is 1. The average Bonchev–Trinajstić information content (AvgIpc) is 3.30. The van der Waals surface area contributed by atoms with Gasteiger partial charge in [0, 0.05) is 39.4 Å². The molecule has 0 amide bonds. The fourth-order valence-electron chi connectivity index (χ4n) is 3.21. The van der Waals surface area contributed by atoms with Crippen molar-refractivity contribution in [3.05, 3.63) is 35.5 Å². The highest BCUT2D eigenvalue weighted by Crippen LogP contribution is 2.20. The van der Waals surface area contributed by atoms with Crippen LogP contribution in [0.3, 0.4) is 0 Å². The number of aliphatic imine (C=N–C) groups is 1. The number of nitrogens with one attached hydrogen (secondary N) is 1. The average molecular weight is 458 g/mol. The topological polar surface area (TPSA) is 71.5 Å². The highest BCUT2D eigenvalue weighted by molar-refractivity contribution is 14.0. The van der Waals surface area contributed by atoms with Crippen LogP contribution in [0.1, 0.15) is 30.4 Å². The SMILES string of the molecule is CCc1cc(CNC(=NC)N2CCC(Cc3cnn(C)c3)C2)on1.I. The van der Waals surface area contributed by atoms with E-state index < -0.39 is 0 Å². The minimum atomic E-state index is 0. The molecular formula is C17H27IN6O. The third-order valence-corrected chi connectivity index (χ3v) is 4.47. The van der Waals surface area contributed by atoms with Gasteiger partial charge in [0.2, 0.25) is 0 Å².